The molecule has 14 nitrogen and oxygen atoms in total. The number of aliphatic hydroxyl groups excluding tert-OH is 3. The third-order valence-corrected chi connectivity index (χ3v) is 4.73. The fraction of sp³-hybridized carbons (Fsp3) is 0.966. The molecule has 24 heteroatoms. The Hall–Kier alpha value is -1.19. The van der Waals surface area contributed by atoms with Gasteiger partial charge in [0, 0.05) is 27.9 Å². The van der Waals surface area contributed by atoms with Crippen LogP contribution in [0.5, 0.6) is 0 Å². The van der Waals surface area contributed by atoms with E-state index in [4.69, 9.17) is 41.1 Å². The summed E-state index contributed by atoms with van der Waals surface area (Å²) in [6.07, 6.45) is -13.7. The highest BCUT2D eigenvalue weighted by atomic mass is 35.5. The maximum atomic E-state index is 11.6. The van der Waals surface area contributed by atoms with E-state index < -0.39 is 63.5 Å². The van der Waals surface area contributed by atoms with Crippen molar-refractivity contribution >= 4 is 17.4 Å². The molecule has 53 heavy (non-hydrogen) atoms. The number of methoxy groups -OCH3 is 3. The number of Topliss-reactive ketones (excluding diaryl/α,β-unsaturated/α-hetero) is 1. The van der Waals surface area contributed by atoms with Crippen LogP contribution in [-0.4, -0.2) is 197 Å². The molecule has 0 bridgehead atoms. The molecule has 324 valence electrons. The first-order chi connectivity index (χ1) is 24.7. The number of halogens is 10. The van der Waals surface area contributed by atoms with E-state index in [-0.39, 0.29) is 52.4 Å². The van der Waals surface area contributed by atoms with Gasteiger partial charge in [-0.25, -0.2) is 0 Å². The normalized spacial score (nSPS) is 16.4. The minimum Gasteiger partial charge on any atom is -0.397 e. The Labute approximate surface area is 307 Å². The molecule has 2 aliphatic heterocycles. The SMILES string of the molecule is CCO.COCCO.COCCOCC(=O)COCC(F)(F)F.COCCOCC(O)COCC(F)(F)F.ClCC1CO1.FC(F)(F)COCC1CO1. The molecule has 3 N–H and O–H groups in total. The Morgan fingerprint density at radius 1 is 0.679 bits per heavy atom. The summed E-state index contributed by atoms with van der Waals surface area (Å²) in [4.78, 5) is 10.8. The lowest BCUT2D eigenvalue weighted by molar-refractivity contribution is -0.181. The summed E-state index contributed by atoms with van der Waals surface area (Å²) in [6, 6.07) is 0. The van der Waals surface area contributed by atoms with Crippen molar-refractivity contribution < 1.29 is 107 Å². The van der Waals surface area contributed by atoms with Crippen LogP contribution < -0.4 is 0 Å². The highest BCUT2D eigenvalue weighted by Crippen LogP contribution is 2.17. The summed E-state index contributed by atoms with van der Waals surface area (Å²) in [7, 11) is 4.51. The van der Waals surface area contributed by atoms with Gasteiger partial charge in [-0.15, -0.1) is 11.6 Å². The minimum atomic E-state index is -4.41. The van der Waals surface area contributed by atoms with Crippen molar-refractivity contribution in [2.75, 3.05) is 140 Å². The number of aliphatic hydroxyl groups is 3. The van der Waals surface area contributed by atoms with E-state index in [0.717, 1.165) is 6.61 Å². The van der Waals surface area contributed by atoms with Gasteiger partial charge in [0.15, 0.2) is 5.78 Å². The Kier molecular flexibility index (Phi) is 43.1. The van der Waals surface area contributed by atoms with Crippen LogP contribution >= 0.6 is 11.6 Å². The van der Waals surface area contributed by atoms with E-state index in [1.165, 1.54) is 14.2 Å². The van der Waals surface area contributed by atoms with E-state index >= 15 is 0 Å². The smallest absolute Gasteiger partial charge is 0.397 e. The van der Waals surface area contributed by atoms with Gasteiger partial charge >= 0.3 is 18.5 Å². The first-order valence-corrected chi connectivity index (χ1v) is 16.0. The van der Waals surface area contributed by atoms with Crippen LogP contribution in [0.1, 0.15) is 6.92 Å². The molecule has 0 aliphatic carbocycles. The van der Waals surface area contributed by atoms with E-state index in [0.29, 0.717) is 38.4 Å². The second-order valence-electron chi connectivity index (χ2n) is 9.77. The van der Waals surface area contributed by atoms with Gasteiger partial charge in [-0.1, -0.05) is 0 Å². The van der Waals surface area contributed by atoms with Gasteiger partial charge in [0.25, 0.3) is 0 Å². The molecule has 2 fully saturated rings. The number of carbonyl (C=O) groups is 1. The third kappa shape index (κ3) is 69.2. The summed E-state index contributed by atoms with van der Waals surface area (Å²) in [5.41, 5.74) is 0. The van der Waals surface area contributed by atoms with Crippen molar-refractivity contribution in [3.63, 3.8) is 0 Å². The average Bonchev–Trinajstić information content (AvgIpc) is 3.98. The van der Waals surface area contributed by atoms with E-state index in [1.807, 2.05) is 0 Å². The maximum Gasteiger partial charge on any atom is 0.411 e. The molecule has 2 heterocycles. The van der Waals surface area contributed by atoms with Gasteiger partial charge in [0.05, 0.1) is 84.7 Å². The zero-order valence-corrected chi connectivity index (χ0v) is 30.8. The number of epoxide rings is 2. The molecule has 0 amide bonds. The van der Waals surface area contributed by atoms with Gasteiger partial charge < -0.3 is 62.7 Å². The molecule has 2 rings (SSSR count). The minimum absolute atomic E-state index is 0.0551. The molecule has 0 aromatic heterocycles. The fourth-order valence-electron chi connectivity index (χ4n) is 2.09. The first-order valence-electron chi connectivity index (χ1n) is 15.5. The number of hydrogen-bond acceptors (Lipinski definition) is 14. The predicted octanol–water partition coefficient (Wildman–Crippen LogP) is 2.60. The van der Waals surface area contributed by atoms with Crippen LogP contribution in [0.15, 0.2) is 0 Å². The van der Waals surface area contributed by atoms with Gasteiger partial charge in [0.1, 0.15) is 45.2 Å². The monoisotopic (exact) mass is 832 g/mol. The van der Waals surface area contributed by atoms with Crippen molar-refractivity contribution in [3.05, 3.63) is 0 Å². The number of ketones is 1. The molecule has 2 saturated heterocycles. The quantitative estimate of drug-likeness (QED) is 0.0628. The summed E-state index contributed by atoms with van der Waals surface area (Å²) in [5.74, 6) is 0.135. The Morgan fingerprint density at radius 3 is 1.43 bits per heavy atom. The molecule has 3 unspecified atom stereocenters. The van der Waals surface area contributed by atoms with Crippen LogP contribution in [0.3, 0.4) is 0 Å². The summed E-state index contributed by atoms with van der Waals surface area (Å²) in [5, 5.41) is 24.6. The summed E-state index contributed by atoms with van der Waals surface area (Å²) < 4.78 is 149. The van der Waals surface area contributed by atoms with Gasteiger partial charge in [-0.05, 0) is 6.92 Å². The van der Waals surface area contributed by atoms with Crippen LogP contribution in [0.25, 0.3) is 0 Å². The highest BCUT2D eigenvalue weighted by molar-refractivity contribution is 6.18. The Morgan fingerprint density at radius 2 is 1.08 bits per heavy atom. The zero-order chi connectivity index (χ0) is 41.6. The largest absolute Gasteiger partial charge is 0.411 e. The topological polar surface area (TPSA) is 177 Å². The van der Waals surface area contributed by atoms with Crippen molar-refractivity contribution in [3.8, 4) is 0 Å². The van der Waals surface area contributed by atoms with Crippen LogP contribution in [0.4, 0.5) is 39.5 Å². The maximum absolute atomic E-state index is 11.6. The fourth-order valence-corrected chi connectivity index (χ4v) is 2.27. The van der Waals surface area contributed by atoms with E-state index in [2.05, 4.69) is 33.2 Å². The van der Waals surface area contributed by atoms with Crippen molar-refractivity contribution in [1.29, 1.82) is 0 Å². The molecule has 0 aromatic rings. The van der Waals surface area contributed by atoms with E-state index in [9.17, 15) is 44.3 Å². The number of rotatable bonds is 22. The second-order valence-corrected chi connectivity index (χ2v) is 10.1. The van der Waals surface area contributed by atoms with E-state index in [1.54, 1.807) is 14.0 Å². The first kappa shape index (κ1) is 58.5. The highest BCUT2D eigenvalue weighted by Gasteiger charge is 2.30. The second kappa shape index (κ2) is 39.1. The van der Waals surface area contributed by atoms with Gasteiger partial charge in [-0.3, -0.25) is 4.79 Å². The van der Waals surface area contributed by atoms with Crippen LogP contribution in [0.2, 0.25) is 0 Å². The van der Waals surface area contributed by atoms with Crippen molar-refractivity contribution in [2.45, 2.75) is 43.8 Å². The number of ether oxygens (including phenoxy) is 10. The Bertz CT molecular complexity index is 762. The molecule has 0 saturated carbocycles. The average molecular weight is 833 g/mol. The van der Waals surface area contributed by atoms with Crippen molar-refractivity contribution in [1.82, 2.24) is 0 Å². The summed E-state index contributed by atoms with van der Waals surface area (Å²) >= 11 is 5.27. The van der Waals surface area contributed by atoms with Gasteiger partial charge in [-0.2, -0.15) is 39.5 Å². The lowest BCUT2D eigenvalue weighted by Crippen LogP contribution is -2.26. The third-order valence-electron chi connectivity index (χ3n) is 4.38. The van der Waals surface area contributed by atoms with Crippen LogP contribution in [-0.2, 0) is 52.2 Å². The molecule has 0 aromatic carbocycles. The molecule has 2 aliphatic rings. The standard InChI is InChI=1S/C8H15F3O4.C8H13F3O4.C5H7F3O2.C3H5ClO.C3H8O2.C2H6O/c2*1-13-2-3-14-4-7(12)5-15-6-8(9,10)11;6-5(7,8)3-9-1-4-2-10-4;4-1-3-2-5-3;1-5-3-2-4;1-2-3/h7,12H,2-6H2,1H3;2-6H2,1H3;4H,1-3H2;3H,1-2H2;4H,2-3H2,1H3;3H,2H2,1H3. The lowest BCUT2D eigenvalue weighted by atomic mass is 10.4. The predicted molar refractivity (Wildman–Crippen MR) is 169 cm³/mol. The Balaban J connectivity index is -0.000000293. The zero-order valence-electron chi connectivity index (χ0n) is 30.1. The number of carbonyl (C=O) groups excluding carboxylic acids is 1. The summed E-state index contributed by atoms with van der Waals surface area (Å²) in [6.45, 7) is -0.105. The molecular weight excluding hydrogens is 779 g/mol. The molecule has 3 atom stereocenters. The molecular formula is C29H54ClF9O14. The molecule has 0 spiro atoms. The molecule has 0 radical (unpaired) electrons. The number of alkyl halides is 10. The number of hydrogen-bond donors (Lipinski definition) is 3. The van der Waals surface area contributed by atoms with Gasteiger partial charge in [0.2, 0.25) is 0 Å². The van der Waals surface area contributed by atoms with Crippen LogP contribution in [0, 0.1) is 0 Å². The van der Waals surface area contributed by atoms with Crippen molar-refractivity contribution in [2.24, 2.45) is 0 Å². The lowest BCUT2D eigenvalue weighted by Gasteiger charge is -2.12.